The lowest BCUT2D eigenvalue weighted by molar-refractivity contribution is 0.0955. The number of hydrogen-bond donors (Lipinski definition) is 3. The highest BCUT2D eigenvalue weighted by molar-refractivity contribution is 9.10. The van der Waals surface area contributed by atoms with Crippen LogP contribution in [0.2, 0.25) is 0 Å². The molecule has 5 nitrogen and oxygen atoms in total. The molecule has 6 heteroatoms. The van der Waals surface area contributed by atoms with Crippen molar-refractivity contribution in [2.75, 3.05) is 12.3 Å². The molecule has 0 bridgehead atoms. The second-order valence-corrected chi connectivity index (χ2v) is 4.86. The number of aromatic nitrogens is 1. The third kappa shape index (κ3) is 4.44. The van der Waals surface area contributed by atoms with E-state index in [2.05, 4.69) is 26.2 Å². The highest BCUT2D eigenvalue weighted by Crippen LogP contribution is 2.15. The zero-order valence-corrected chi connectivity index (χ0v) is 11.9. The molecule has 0 aliphatic rings. The van der Waals surface area contributed by atoms with Crippen molar-refractivity contribution in [3.05, 3.63) is 22.3 Å². The fourth-order valence-electron chi connectivity index (χ4n) is 1.48. The van der Waals surface area contributed by atoms with Gasteiger partial charge in [-0.3, -0.25) is 4.79 Å². The van der Waals surface area contributed by atoms with E-state index in [1.54, 1.807) is 12.3 Å². The second-order valence-electron chi connectivity index (χ2n) is 3.95. The number of nitrogen functional groups attached to an aromatic ring is 1. The number of pyridine rings is 1. The topological polar surface area (TPSA) is 91.9 Å². The normalized spacial score (nSPS) is 10.1. The number of carbonyl (C=O) groups excluding carboxylic acids is 1. The predicted molar refractivity (Wildman–Crippen MR) is 75.9 cm³/mol. The number of hydrogen-bond acceptors (Lipinski definition) is 4. The smallest absolute Gasteiger partial charge is 0.255 e. The second kappa shape index (κ2) is 7.10. The van der Waals surface area contributed by atoms with Crippen LogP contribution >= 0.6 is 15.9 Å². The van der Waals surface area contributed by atoms with Crippen molar-refractivity contribution in [1.29, 1.82) is 5.41 Å². The molecule has 18 heavy (non-hydrogen) atoms. The van der Waals surface area contributed by atoms with Crippen molar-refractivity contribution in [3.8, 4) is 0 Å². The van der Waals surface area contributed by atoms with Gasteiger partial charge in [0.15, 0.2) is 0 Å². The summed E-state index contributed by atoms with van der Waals surface area (Å²) in [4.78, 5) is 15.7. The number of amides is 1. The minimum absolute atomic E-state index is 0.208. The molecule has 0 fully saturated rings. The fourth-order valence-corrected chi connectivity index (χ4v) is 1.81. The molecule has 0 unspecified atom stereocenters. The number of anilines is 1. The van der Waals surface area contributed by atoms with Crippen LogP contribution < -0.4 is 11.1 Å². The van der Waals surface area contributed by atoms with Crippen LogP contribution in [-0.4, -0.2) is 23.1 Å². The maximum atomic E-state index is 11.8. The lowest BCUT2D eigenvalue weighted by Gasteiger charge is -2.07. The number of nitrogens with zero attached hydrogens (tertiary/aromatic N) is 1. The Labute approximate surface area is 115 Å². The Hall–Kier alpha value is -1.43. The van der Waals surface area contributed by atoms with E-state index in [9.17, 15) is 4.79 Å². The first-order valence-corrected chi connectivity index (χ1v) is 6.59. The van der Waals surface area contributed by atoms with Crippen LogP contribution in [0.4, 0.5) is 5.82 Å². The van der Waals surface area contributed by atoms with Crippen LogP contribution in [0.15, 0.2) is 16.7 Å². The molecular formula is C12H17BrN4O. The van der Waals surface area contributed by atoms with E-state index in [1.807, 2.05) is 6.92 Å². The third-order valence-electron chi connectivity index (χ3n) is 2.39. The van der Waals surface area contributed by atoms with Crippen LogP contribution in [0.3, 0.4) is 0 Å². The first kappa shape index (κ1) is 14.6. The van der Waals surface area contributed by atoms with Gasteiger partial charge in [0.1, 0.15) is 5.82 Å². The van der Waals surface area contributed by atoms with Crippen molar-refractivity contribution in [3.63, 3.8) is 0 Å². The SMILES string of the molecule is CCCC(=N)CCNC(=O)c1cc(Br)cnc1N. The van der Waals surface area contributed by atoms with Gasteiger partial charge in [-0.25, -0.2) is 4.98 Å². The molecule has 98 valence electrons. The summed E-state index contributed by atoms with van der Waals surface area (Å²) in [6, 6.07) is 1.63. The Bertz CT molecular complexity index is 448. The molecule has 0 aromatic carbocycles. The first-order chi connectivity index (χ1) is 8.54. The van der Waals surface area contributed by atoms with E-state index in [-0.39, 0.29) is 11.7 Å². The van der Waals surface area contributed by atoms with Crippen molar-refractivity contribution in [2.24, 2.45) is 0 Å². The van der Waals surface area contributed by atoms with E-state index in [0.29, 0.717) is 28.7 Å². The molecule has 1 aromatic rings. The standard InChI is InChI=1S/C12H17BrN4O/c1-2-3-9(14)4-5-16-12(18)10-6-8(13)7-17-11(10)15/h6-7,14H,2-5H2,1H3,(H2,15,17)(H,16,18). The van der Waals surface area contributed by atoms with Crippen LogP contribution in [-0.2, 0) is 0 Å². The Morgan fingerprint density at radius 3 is 2.94 bits per heavy atom. The van der Waals surface area contributed by atoms with Gasteiger partial charge in [-0.1, -0.05) is 13.3 Å². The first-order valence-electron chi connectivity index (χ1n) is 5.80. The average molecular weight is 313 g/mol. The molecule has 4 N–H and O–H groups in total. The largest absolute Gasteiger partial charge is 0.383 e. The Kier molecular flexibility index (Phi) is 5.77. The van der Waals surface area contributed by atoms with Crippen LogP contribution in [0.5, 0.6) is 0 Å². The summed E-state index contributed by atoms with van der Waals surface area (Å²) in [6.07, 6.45) is 3.84. The molecule has 1 aromatic heterocycles. The molecular weight excluding hydrogens is 296 g/mol. The summed E-state index contributed by atoms with van der Waals surface area (Å²) in [7, 11) is 0. The molecule has 0 saturated heterocycles. The van der Waals surface area contributed by atoms with E-state index in [1.165, 1.54) is 0 Å². The molecule has 0 spiro atoms. The van der Waals surface area contributed by atoms with Crippen molar-refractivity contribution < 1.29 is 4.79 Å². The van der Waals surface area contributed by atoms with Gasteiger partial charge in [0.05, 0.1) is 5.56 Å². The van der Waals surface area contributed by atoms with E-state index in [4.69, 9.17) is 11.1 Å². The quantitative estimate of drug-likeness (QED) is 0.704. The lowest BCUT2D eigenvalue weighted by Crippen LogP contribution is -2.27. The molecule has 0 aliphatic heterocycles. The Morgan fingerprint density at radius 2 is 2.28 bits per heavy atom. The molecule has 0 radical (unpaired) electrons. The van der Waals surface area contributed by atoms with Gasteiger partial charge in [-0.05, 0) is 28.4 Å². The number of nitrogens with one attached hydrogen (secondary N) is 2. The zero-order chi connectivity index (χ0) is 13.5. The number of halogens is 1. The maximum Gasteiger partial charge on any atom is 0.255 e. The van der Waals surface area contributed by atoms with Gasteiger partial charge in [-0.15, -0.1) is 0 Å². The van der Waals surface area contributed by atoms with Gasteiger partial charge in [-0.2, -0.15) is 0 Å². The number of rotatable bonds is 6. The van der Waals surface area contributed by atoms with Gasteiger partial charge < -0.3 is 16.5 Å². The molecule has 0 atom stereocenters. The van der Waals surface area contributed by atoms with Crippen molar-refractivity contribution in [2.45, 2.75) is 26.2 Å². The lowest BCUT2D eigenvalue weighted by atomic mass is 10.1. The van der Waals surface area contributed by atoms with Gasteiger partial charge in [0, 0.05) is 29.3 Å². The van der Waals surface area contributed by atoms with Crippen LogP contribution in [0.1, 0.15) is 36.5 Å². The highest BCUT2D eigenvalue weighted by Gasteiger charge is 2.10. The Balaban J connectivity index is 2.50. The summed E-state index contributed by atoms with van der Waals surface area (Å²) in [5, 5.41) is 10.4. The van der Waals surface area contributed by atoms with Crippen molar-refractivity contribution in [1.82, 2.24) is 10.3 Å². The summed E-state index contributed by atoms with van der Waals surface area (Å²) in [5.74, 6) is -0.0510. The van der Waals surface area contributed by atoms with E-state index >= 15 is 0 Å². The van der Waals surface area contributed by atoms with Gasteiger partial charge in [0.25, 0.3) is 5.91 Å². The number of nitrogens with two attached hydrogens (primary N) is 1. The van der Waals surface area contributed by atoms with Crippen LogP contribution in [0.25, 0.3) is 0 Å². The van der Waals surface area contributed by atoms with Gasteiger partial charge in [0.2, 0.25) is 0 Å². The monoisotopic (exact) mass is 312 g/mol. The predicted octanol–water partition coefficient (Wildman–Crippen LogP) is 2.37. The fraction of sp³-hybridized carbons (Fsp3) is 0.417. The minimum atomic E-state index is -0.259. The molecule has 1 amide bonds. The molecule has 1 heterocycles. The summed E-state index contributed by atoms with van der Waals surface area (Å²) in [5.41, 5.74) is 6.64. The third-order valence-corrected chi connectivity index (χ3v) is 2.83. The Morgan fingerprint density at radius 1 is 1.56 bits per heavy atom. The van der Waals surface area contributed by atoms with E-state index in [0.717, 1.165) is 12.8 Å². The number of carbonyl (C=O) groups is 1. The average Bonchev–Trinajstić information content (AvgIpc) is 2.32. The maximum absolute atomic E-state index is 11.8. The summed E-state index contributed by atoms with van der Waals surface area (Å²) < 4.78 is 0.709. The molecule has 0 aliphatic carbocycles. The van der Waals surface area contributed by atoms with E-state index < -0.39 is 0 Å². The van der Waals surface area contributed by atoms with Crippen molar-refractivity contribution >= 4 is 33.4 Å². The molecule has 1 rings (SSSR count). The molecule has 0 saturated carbocycles. The van der Waals surface area contributed by atoms with Gasteiger partial charge >= 0.3 is 0 Å². The summed E-state index contributed by atoms with van der Waals surface area (Å²) in [6.45, 7) is 2.48. The highest BCUT2D eigenvalue weighted by atomic mass is 79.9. The zero-order valence-electron chi connectivity index (χ0n) is 10.3. The minimum Gasteiger partial charge on any atom is -0.383 e. The van der Waals surface area contributed by atoms with Crippen LogP contribution in [0, 0.1) is 5.41 Å². The summed E-state index contributed by atoms with van der Waals surface area (Å²) >= 11 is 3.24.